The van der Waals surface area contributed by atoms with E-state index in [1.54, 1.807) is 0 Å². The van der Waals surface area contributed by atoms with E-state index in [2.05, 4.69) is 17.4 Å². The van der Waals surface area contributed by atoms with Crippen LogP contribution in [0.5, 0.6) is 5.75 Å². The summed E-state index contributed by atoms with van der Waals surface area (Å²) >= 11 is 0. The van der Waals surface area contributed by atoms with Crippen LogP contribution < -0.4 is 10.1 Å². The summed E-state index contributed by atoms with van der Waals surface area (Å²) in [4.78, 5) is 12.4. The van der Waals surface area contributed by atoms with Crippen LogP contribution in [0.25, 0.3) is 11.1 Å². The highest BCUT2D eigenvalue weighted by molar-refractivity contribution is 5.94. The lowest BCUT2D eigenvalue weighted by molar-refractivity contribution is 0.0954. The highest BCUT2D eigenvalue weighted by atomic mass is 16.5. The Kier molecular flexibility index (Phi) is 6.76. The SMILES string of the molecule is O=C(NCCc1ccccc1)c1ccc(-c2ccc(OCc3ccccc3)cc2)cc1. The first-order chi connectivity index (χ1) is 15.3. The predicted octanol–water partition coefficient (Wildman–Crippen LogP) is 5.91. The van der Waals surface area contributed by atoms with Crippen molar-refractivity contribution in [1.82, 2.24) is 5.32 Å². The fourth-order valence-corrected chi connectivity index (χ4v) is 3.37. The molecule has 1 N–H and O–H groups in total. The molecule has 0 unspecified atom stereocenters. The smallest absolute Gasteiger partial charge is 0.251 e. The Morgan fingerprint density at radius 1 is 0.645 bits per heavy atom. The average molecular weight is 408 g/mol. The summed E-state index contributed by atoms with van der Waals surface area (Å²) in [6, 6.07) is 36.0. The number of hydrogen-bond acceptors (Lipinski definition) is 2. The summed E-state index contributed by atoms with van der Waals surface area (Å²) in [6.07, 6.45) is 0.823. The van der Waals surface area contributed by atoms with Crippen molar-refractivity contribution < 1.29 is 9.53 Å². The van der Waals surface area contributed by atoms with Gasteiger partial charge in [0.25, 0.3) is 5.91 Å². The van der Waals surface area contributed by atoms with Crippen LogP contribution in [0.2, 0.25) is 0 Å². The van der Waals surface area contributed by atoms with Crippen LogP contribution in [0.4, 0.5) is 0 Å². The van der Waals surface area contributed by atoms with E-state index in [1.807, 2.05) is 97.1 Å². The number of hydrogen-bond donors (Lipinski definition) is 1. The Morgan fingerprint density at radius 2 is 1.19 bits per heavy atom. The molecule has 3 nitrogen and oxygen atoms in total. The fourth-order valence-electron chi connectivity index (χ4n) is 3.37. The molecule has 0 atom stereocenters. The van der Waals surface area contributed by atoms with Gasteiger partial charge in [-0.05, 0) is 52.9 Å². The second-order valence-electron chi connectivity index (χ2n) is 7.37. The molecule has 0 saturated heterocycles. The van der Waals surface area contributed by atoms with E-state index >= 15 is 0 Å². The number of nitrogens with one attached hydrogen (secondary N) is 1. The van der Waals surface area contributed by atoms with Crippen molar-refractivity contribution in [1.29, 1.82) is 0 Å². The maximum absolute atomic E-state index is 12.4. The zero-order valence-corrected chi connectivity index (χ0v) is 17.3. The molecule has 0 aromatic heterocycles. The summed E-state index contributed by atoms with van der Waals surface area (Å²) in [5.41, 5.74) is 5.18. The monoisotopic (exact) mass is 407 g/mol. The van der Waals surface area contributed by atoms with Crippen molar-refractivity contribution in [2.24, 2.45) is 0 Å². The molecule has 4 rings (SSSR count). The van der Waals surface area contributed by atoms with Crippen molar-refractivity contribution in [3.05, 3.63) is 126 Å². The third-order valence-corrected chi connectivity index (χ3v) is 5.13. The molecular formula is C28H25NO2. The van der Waals surface area contributed by atoms with E-state index in [1.165, 1.54) is 5.56 Å². The van der Waals surface area contributed by atoms with Crippen molar-refractivity contribution in [2.75, 3.05) is 6.54 Å². The van der Waals surface area contributed by atoms with Crippen molar-refractivity contribution in [3.8, 4) is 16.9 Å². The molecule has 0 saturated carbocycles. The van der Waals surface area contributed by atoms with E-state index in [4.69, 9.17) is 4.74 Å². The predicted molar refractivity (Wildman–Crippen MR) is 125 cm³/mol. The molecule has 0 fully saturated rings. The van der Waals surface area contributed by atoms with Crippen LogP contribution in [0.15, 0.2) is 109 Å². The largest absolute Gasteiger partial charge is 0.489 e. The standard InChI is InChI=1S/C28H25NO2/c30-28(29-20-19-22-7-3-1-4-8-22)26-13-11-24(12-14-26)25-15-17-27(18-16-25)31-21-23-9-5-2-6-10-23/h1-18H,19-21H2,(H,29,30). The molecule has 0 spiro atoms. The van der Waals surface area contributed by atoms with Crippen LogP contribution in [0.3, 0.4) is 0 Å². The lowest BCUT2D eigenvalue weighted by atomic mass is 10.0. The lowest BCUT2D eigenvalue weighted by Gasteiger charge is -2.09. The van der Waals surface area contributed by atoms with Gasteiger partial charge in [-0.15, -0.1) is 0 Å². The van der Waals surface area contributed by atoms with Crippen LogP contribution in [-0.4, -0.2) is 12.5 Å². The topological polar surface area (TPSA) is 38.3 Å². The first-order valence-corrected chi connectivity index (χ1v) is 10.5. The molecule has 0 radical (unpaired) electrons. The van der Waals surface area contributed by atoms with E-state index in [-0.39, 0.29) is 5.91 Å². The first kappa shape index (κ1) is 20.4. The third-order valence-electron chi connectivity index (χ3n) is 5.13. The molecule has 4 aromatic carbocycles. The first-order valence-electron chi connectivity index (χ1n) is 10.5. The molecule has 0 aliphatic carbocycles. The molecule has 3 heteroatoms. The molecule has 1 amide bonds. The molecule has 0 bridgehead atoms. The molecular weight excluding hydrogens is 382 g/mol. The molecule has 154 valence electrons. The summed E-state index contributed by atoms with van der Waals surface area (Å²) < 4.78 is 5.85. The number of carbonyl (C=O) groups is 1. The lowest BCUT2D eigenvalue weighted by Crippen LogP contribution is -2.25. The van der Waals surface area contributed by atoms with Crippen LogP contribution in [-0.2, 0) is 13.0 Å². The van der Waals surface area contributed by atoms with Gasteiger partial charge in [-0.3, -0.25) is 4.79 Å². The van der Waals surface area contributed by atoms with E-state index in [9.17, 15) is 4.79 Å². The summed E-state index contributed by atoms with van der Waals surface area (Å²) in [7, 11) is 0. The maximum Gasteiger partial charge on any atom is 0.251 e. The maximum atomic E-state index is 12.4. The van der Waals surface area contributed by atoms with Crippen molar-refractivity contribution in [2.45, 2.75) is 13.0 Å². The Labute approximate surface area is 183 Å². The van der Waals surface area contributed by atoms with E-state index < -0.39 is 0 Å². The highest BCUT2D eigenvalue weighted by Gasteiger charge is 2.06. The Morgan fingerprint density at radius 3 is 1.81 bits per heavy atom. The van der Waals surface area contributed by atoms with E-state index in [0.717, 1.165) is 28.9 Å². The van der Waals surface area contributed by atoms with Crippen LogP contribution >= 0.6 is 0 Å². The van der Waals surface area contributed by atoms with Crippen molar-refractivity contribution >= 4 is 5.91 Å². The van der Waals surface area contributed by atoms with Gasteiger partial charge < -0.3 is 10.1 Å². The fraction of sp³-hybridized carbons (Fsp3) is 0.107. The zero-order chi connectivity index (χ0) is 21.3. The highest BCUT2D eigenvalue weighted by Crippen LogP contribution is 2.23. The molecule has 0 heterocycles. The molecule has 0 aliphatic heterocycles. The quantitative estimate of drug-likeness (QED) is 0.395. The van der Waals surface area contributed by atoms with E-state index in [0.29, 0.717) is 18.7 Å². The zero-order valence-electron chi connectivity index (χ0n) is 17.3. The van der Waals surface area contributed by atoms with Crippen LogP contribution in [0, 0.1) is 0 Å². The van der Waals surface area contributed by atoms with Gasteiger partial charge in [0.15, 0.2) is 0 Å². The number of benzene rings is 4. The molecule has 31 heavy (non-hydrogen) atoms. The van der Waals surface area contributed by atoms with Gasteiger partial charge in [-0.1, -0.05) is 84.9 Å². The molecule has 0 aliphatic rings. The van der Waals surface area contributed by atoms with Gasteiger partial charge in [0.2, 0.25) is 0 Å². The summed E-state index contributed by atoms with van der Waals surface area (Å²) in [5, 5.41) is 2.99. The third kappa shape index (κ3) is 5.83. The van der Waals surface area contributed by atoms with Gasteiger partial charge in [0.1, 0.15) is 12.4 Å². The van der Waals surface area contributed by atoms with Gasteiger partial charge >= 0.3 is 0 Å². The Hall–Kier alpha value is -3.85. The normalized spacial score (nSPS) is 10.5. The minimum absolute atomic E-state index is 0.0489. The van der Waals surface area contributed by atoms with Crippen LogP contribution in [0.1, 0.15) is 21.5 Å². The summed E-state index contributed by atoms with van der Waals surface area (Å²) in [5.74, 6) is 0.786. The average Bonchev–Trinajstić information content (AvgIpc) is 2.84. The minimum atomic E-state index is -0.0489. The minimum Gasteiger partial charge on any atom is -0.489 e. The Bertz CT molecular complexity index is 1090. The second kappa shape index (κ2) is 10.3. The number of ether oxygens (including phenoxy) is 1. The van der Waals surface area contributed by atoms with Crippen molar-refractivity contribution in [3.63, 3.8) is 0 Å². The summed E-state index contributed by atoms with van der Waals surface area (Å²) in [6.45, 7) is 1.17. The Balaban J connectivity index is 1.30. The van der Waals surface area contributed by atoms with Gasteiger partial charge in [-0.25, -0.2) is 0 Å². The second-order valence-corrected chi connectivity index (χ2v) is 7.37. The number of rotatable bonds is 8. The van der Waals surface area contributed by atoms with Gasteiger partial charge in [0.05, 0.1) is 0 Å². The number of carbonyl (C=O) groups excluding carboxylic acids is 1. The van der Waals surface area contributed by atoms with Gasteiger partial charge in [0, 0.05) is 12.1 Å². The van der Waals surface area contributed by atoms with Gasteiger partial charge in [-0.2, -0.15) is 0 Å². The molecule has 4 aromatic rings. The number of amides is 1.